The maximum atomic E-state index is 6.60. The summed E-state index contributed by atoms with van der Waals surface area (Å²) in [7, 11) is -3.12. The maximum absolute atomic E-state index is 6.60. The molecule has 1 aliphatic rings. The first-order valence-corrected chi connectivity index (χ1v) is 15.4. The third-order valence-electron chi connectivity index (χ3n) is 5.70. The van der Waals surface area contributed by atoms with E-state index in [0.29, 0.717) is 32.7 Å². The Morgan fingerprint density at radius 2 is 1.27 bits per heavy atom. The second-order valence-electron chi connectivity index (χ2n) is 8.69. The van der Waals surface area contributed by atoms with Crippen molar-refractivity contribution in [2.75, 3.05) is 19.8 Å². The van der Waals surface area contributed by atoms with Crippen molar-refractivity contribution in [3.05, 3.63) is 0 Å². The van der Waals surface area contributed by atoms with Crippen LogP contribution >= 0.6 is 0 Å². The fourth-order valence-corrected chi connectivity index (χ4v) is 6.60. The molecule has 8 heteroatoms. The molecule has 0 aliphatic carbocycles. The highest BCUT2D eigenvalue weighted by molar-refractivity contribution is 6.62. The number of ether oxygens (including phenoxy) is 4. The molecule has 1 fully saturated rings. The van der Waals surface area contributed by atoms with Crippen molar-refractivity contribution in [1.29, 1.82) is 0 Å². The first kappa shape index (κ1) is 31.0. The van der Waals surface area contributed by atoms with Crippen molar-refractivity contribution >= 4 is 8.80 Å². The van der Waals surface area contributed by atoms with Crippen LogP contribution in [0.5, 0.6) is 0 Å². The molecule has 198 valence electrons. The Morgan fingerprint density at radius 3 is 1.64 bits per heavy atom. The summed E-state index contributed by atoms with van der Waals surface area (Å²) in [4.78, 5) is 0. The zero-order valence-electron chi connectivity index (χ0n) is 22.5. The van der Waals surface area contributed by atoms with Crippen LogP contribution in [0.2, 0.25) is 0 Å². The first-order chi connectivity index (χ1) is 16.0. The Hall–Kier alpha value is -0.0631. The Bertz CT molecular complexity index is 447. The van der Waals surface area contributed by atoms with E-state index in [0.717, 1.165) is 57.8 Å². The second-order valence-corrected chi connectivity index (χ2v) is 11.4. The third-order valence-corrected chi connectivity index (χ3v) is 8.73. The average molecular weight is 493 g/mol. The van der Waals surface area contributed by atoms with Crippen LogP contribution in [0.4, 0.5) is 0 Å². The van der Waals surface area contributed by atoms with E-state index in [9.17, 15) is 0 Å². The SMILES string of the molecule is CCCCO[Si](OCCCC)(OCCCC)C(CCC)OC(CC)OC1(CC)OC(CC)O1. The molecule has 0 spiro atoms. The molecule has 1 heterocycles. The minimum Gasteiger partial charge on any atom is -0.372 e. The molecule has 7 nitrogen and oxygen atoms in total. The molecule has 1 aliphatic heterocycles. The smallest absolute Gasteiger partial charge is 0.372 e. The van der Waals surface area contributed by atoms with E-state index in [4.69, 9.17) is 32.2 Å². The fourth-order valence-electron chi connectivity index (χ4n) is 3.54. The van der Waals surface area contributed by atoms with Crippen LogP contribution in [-0.4, -0.2) is 52.9 Å². The standard InChI is InChI=1S/C25H52O7Si/c1-8-15-19-26-33(27-20-16-9-2,28-21-17-10-3)24(18-11-4)29-22(12-5)30-25(14-7)31-23(13-6)32-25/h22-24H,8-21H2,1-7H3. The Morgan fingerprint density at radius 1 is 0.758 bits per heavy atom. The van der Waals surface area contributed by atoms with Gasteiger partial charge in [0.25, 0.3) is 5.97 Å². The van der Waals surface area contributed by atoms with Gasteiger partial charge in [-0.2, -0.15) is 0 Å². The molecule has 0 aromatic rings. The topological polar surface area (TPSA) is 64.6 Å². The van der Waals surface area contributed by atoms with E-state index in [2.05, 4.69) is 27.7 Å². The van der Waals surface area contributed by atoms with Gasteiger partial charge >= 0.3 is 8.80 Å². The van der Waals surface area contributed by atoms with Crippen molar-refractivity contribution in [3.63, 3.8) is 0 Å². The molecule has 0 N–H and O–H groups in total. The molecule has 0 aromatic carbocycles. The van der Waals surface area contributed by atoms with E-state index in [1.54, 1.807) is 0 Å². The molecule has 1 saturated heterocycles. The van der Waals surface area contributed by atoms with Crippen molar-refractivity contribution in [1.82, 2.24) is 0 Å². The lowest BCUT2D eigenvalue weighted by molar-refractivity contribution is -0.559. The largest absolute Gasteiger partial charge is 0.531 e. The summed E-state index contributed by atoms with van der Waals surface area (Å²) >= 11 is 0. The van der Waals surface area contributed by atoms with Gasteiger partial charge in [0.05, 0.1) is 0 Å². The molecular weight excluding hydrogens is 440 g/mol. The summed E-state index contributed by atoms with van der Waals surface area (Å²) in [6.45, 7) is 16.6. The van der Waals surface area contributed by atoms with Gasteiger partial charge in [0, 0.05) is 26.2 Å². The van der Waals surface area contributed by atoms with E-state index in [-0.39, 0.29) is 12.0 Å². The van der Waals surface area contributed by atoms with E-state index in [1.807, 2.05) is 20.8 Å². The van der Waals surface area contributed by atoms with E-state index in [1.165, 1.54) is 0 Å². The molecule has 2 atom stereocenters. The van der Waals surface area contributed by atoms with Crippen LogP contribution in [0.1, 0.15) is 119 Å². The van der Waals surface area contributed by atoms with Gasteiger partial charge in [-0.05, 0) is 38.5 Å². The van der Waals surface area contributed by atoms with Crippen molar-refractivity contribution < 1.29 is 32.2 Å². The molecule has 33 heavy (non-hydrogen) atoms. The Kier molecular flexibility index (Phi) is 16.3. The molecular formula is C25H52O7Si. The molecule has 0 saturated carbocycles. The minimum atomic E-state index is -3.12. The van der Waals surface area contributed by atoms with Gasteiger partial charge < -0.3 is 18.0 Å². The van der Waals surface area contributed by atoms with Gasteiger partial charge in [0.1, 0.15) is 5.73 Å². The van der Waals surface area contributed by atoms with Crippen LogP contribution < -0.4 is 0 Å². The molecule has 1 rings (SSSR count). The number of rotatable bonds is 22. The molecule has 0 aromatic heterocycles. The number of hydrogen-bond donors (Lipinski definition) is 0. The van der Waals surface area contributed by atoms with Crippen molar-refractivity contribution in [2.45, 2.75) is 143 Å². The molecule has 0 bridgehead atoms. The summed E-state index contributed by atoms with van der Waals surface area (Å²) in [6.07, 6.45) is 9.13. The van der Waals surface area contributed by atoms with Crippen molar-refractivity contribution in [2.24, 2.45) is 0 Å². The molecule has 0 radical (unpaired) electrons. The van der Waals surface area contributed by atoms with Gasteiger partial charge in [-0.3, -0.25) is 14.2 Å². The molecule has 2 unspecified atom stereocenters. The van der Waals surface area contributed by atoms with Crippen LogP contribution in [0.15, 0.2) is 0 Å². The van der Waals surface area contributed by atoms with Crippen LogP contribution in [-0.2, 0) is 32.2 Å². The lowest BCUT2D eigenvalue weighted by Crippen LogP contribution is -2.60. The normalized spacial score (nSPS) is 22.8. The van der Waals surface area contributed by atoms with Crippen molar-refractivity contribution in [3.8, 4) is 0 Å². The highest BCUT2D eigenvalue weighted by Crippen LogP contribution is 2.37. The summed E-state index contributed by atoms with van der Waals surface area (Å²) in [5, 5.41) is 0. The summed E-state index contributed by atoms with van der Waals surface area (Å²) in [6, 6.07) is 0. The van der Waals surface area contributed by atoms with E-state index >= 15 is 0 Å². The maximum Gasteiger partial charge on any atom is 0.531 e. The second kappa shape index (κ2) is 17.4. The predicted molar refractivity (Wildman–Crippen MR) is 133 cm³/mol. The number of unbranched alkanes of at least 4 members (excludes halogenated alkanes) is 3. The Labute approximate surface area is 204 Å². The zero-order chi connectivity index (χ0) is 24.6. The highest BCUT2D eigenvalue weighted by atomic mass is 28.4. The average Bonchev–Trinajstić information content (AvgIpc) is 2.80. The summed E-state index contributed by atoms with van der Waals surface area (Å²) in [5.41, 5.74) is -0.297. The van der Waals surface area contributed by atoms with E-state index < -0.39 is 21.1 Å². The summed E-state index contributed by atoms with van der Waals surface area (Å²) in [5.74, 6) is -1.03. The lowest BCUT2D eigenvalue weighted by Gasteiger charge is -2.47. The van der Waals surface area contributed by atoms with Crippen LogP contribution in [0.25, 0.3) is 0 Å². The van der Waals surface area contributed by atoms with Crippen LogP contribution in [0.3, 0.4) is 0 Å². The first-order valence-electron chi connectivity index (χ1n) is 13.6. The van der Waals surface area contributed by atoms with Crippen LogP contribution in [0, 0.1) is 0 Å². The fraction of sp³-hybridized carbons (Fsp3) is 1.00. The lowest BCUT2D eigenvalue weighted by atomic mass is 10.3. The third kappa shape index (κ3) is 10.2. The van der Waals surface area contributed by atoms with Gasteiger partial charge in [-0.1, -0.05) is 74.1 Å². The quantitative estimate of drug-likeness (QED) is 0.0946. The number of hydrogen-bond acceptors (Lipinski definition) is 7. The van der Waals surface area contributed by atoms with Gasteiger partial charge in [-0.15, -0.1) is 0 Å². The predicted octanol–water partition coefficient (Wildman–Crippen LogP) is 6.70. The summed E-state index contributed by atoms with van der Waals surface area (Å²) < 4.78 is 44.2. The monoisotopic (exact) mass is 492 g/mol. The zero-order valence-corrected chi connectivity index (χ0v) is 23.5. The molecule has 0 amide bonds. The van der Waals surface area contributed by atoms with Gasteiger partial charge in [0.15, 0.2) is 12.6 Å². The minimum absolute atomic E-state index is 0.213. The van der Waals surface area contributed by atoms with Gasteiger partial charge in [-0.25, -0.2) is 0 Å². The highest BCUT2D eigenvalue weighted by Gasteiger charge is 2.53. The van der Waals surface area contributed by atoms with Gasteiger partial charge in [0.2, 0.25) is 0 Å². The Balaban J connectivity index is 3.07.